The van der Waals surface area contributed by atoms with E-state index in [1.165, 1.54) is 0 Å². The van der Waals surface area contributed by atoms with Crippen LogP contribution >= 0.6 is 7.60 Å². The summed E-state index contributed by atoms with van der Waals surface area (Å²) in [4.78, 5) is 0. The second-order valence-electron chi connectivity index (χ2n) is 3.95. The summed E-state index contributed by atoms with van der Waals surface area (Å²) in [5.41, 5.74) is 1.46. The standard InChI is InChI=1S/C12H19O6PS/c1-4-16-19(13,17-5-2)12(18-20(14)15)11-8-6-10(3)7-9-11/h6-9,12H,4-5H2,1-3H3,(H,14,15). The predicted octanol–water partition coefficient (Wildman–Crippen LogP) is 3.41. The molecule has 1 aromatic carbocycles. The average Bonchev–Trinajstić information content (AvgIpc) is 2.37. The van der Waals surface area contributed by atoms with E-state index in [0.717, 1.165) is 5.56 Å². The fourth-order valence-corrected chi connectivity index (χ4v) is 4.14. The van der Waals surface area contributed by atoms with Crippen molar-refractivity contribution in [1.82, 2.24) is 0 Å². The van der Waals surface area contributed by atoms with E-state index < -0.39 is 24.8 Å². The summed E-state index contributed by atoms with van der Waals surface area (Å²) in [6.45, 7) is 5.50. The van der Waals surface area contributed by atoms with Gasteiger partial charge in [0, 0.05) is 0 Å². The minimum Gasteiger partial charge on any atom is -0.307 e. The molecule has 0 aliphatic rings. The Morgan fingerprint density at radius 2 is 1.70 bits per heavy atom. The molecule has 0 heterocycles. The number of aryl methyl sites for hydroxylation is 1. The molecule has 0 fully saturated rings. The Balaban J connectivity index is 3.18. The third-order valence-corrected chi connectivity index (χ3v) is 5.16. The highest BCUT2D eigenvalue weighted by atomic mass is 32.2. The lowest BCUT2D eigenvalue weighted by Gasteiger charge is -2.25. The molecular formula is C12H19O6PS. The molecule has 2 unspecified atom stereocenters. The van der Waals surface area contributed by atoms with Crippen LogP contribution in [-0.2, 0) is 29.2 Å². The van der Waals surface area contributed by atoms with Gasteiger partial charge in [-0.2, -0.15) is 4.21 Å². The van der Waals surface area contributed by atoms with E-state index in [1.807, 2.05) is 6.92 Å². The lowest BCUT2D eigenvalue weighted by atomic mass is 10.2. The third kappa shape index (κ3) is 4.77. The number of hydrogen-bond donors (Lipinski definition) is 1. The Morgan fingerprint density at radius 1 is 1.20 bits per heavy atom. The van der Waals surface area contributed by atoms with Gasteiger partial charge in [0.1, 0.15) is 0 Å². The highest BCUT2D eigenvalue weighted by Crippen LogP contribution is 2.61. The number of hydrogen-bond acceptors (Lipinski definition) is 5. The van der Waals surface area contributed by atoms with E-state index in [0.29, 0.717) is 5.56 Å². The van der Waals surface area contributed by atoms with Gasteiger partial charge in [-0.15, -0.1) is 0 Å². The summed E-state index contributed by atoms with van der Waals surface area (Å²) in [6, 6.07) is 6.90. The molecule has 0 saturated carbocycles. The molecular weight excluding hydrogens is 303 g/mol. The van der Waals surface area contributed by atoms with E-state index in [4.69, 9.17) is 17.8 Å². The minimum absolute atomic E-state index is 0.140. The maximum absolute atomic E-state index is 12.7. The fourth-order valence-electron chi connectivity index (χ4n) is 1.63. The molecule has 0 spiro atoms. The molecule has 0 aliphatic heterocycles. The lowest BCUT2D eigenvalue weighted by molar-refractivity contribution is 0.163. The summed E-state index contributed by atoms with van der Waals surface area (Å²) < 4.78 is 47.9. The van der Waals surface area contributed by atoms with Gasteiger partial charge in [0.2, 0.25) is 5.85 Å². The molecule has 1 aromatic rings. The van der Waals surface area contributed by atoms with Crippen LogP contribution in [0.2, 0.25) is 0 Å². The molecule has 8 heteroatoms. The van der Waals surface area contributed by atoms with Crippen molar-refractivity contribution < 1.29 is 26.6 Å². The Kier molecular flexibility index (Phi) is 7.02. The van der Waals surface area contributed by atoms with Crippen LogP contribution in [0.1, 0.15) is 30.8 Å². The van der Waals surface area contributed by atoms with Crippen molar-refractivity contribution in [2.75, 3.05) is 13.2 Å². The van der Waals surface area contributed by atoms with Crippen LogP contribution in [0.15, 0.2) is 24.3 Å². The Hall–Kier alpha value is -0.560. The molecule has 0 aliphatic carbocycles. The third-order valence-electron chi connectivity index (χ3n) is 2.44. The number of benzene rings is 1. The van der Waals surface area contributed by atoms with Crippen LogP contribution in [0.25, 0.3) is 0 Å². The van der Waals surface area contributed by atoms with Crippen molar-refractivity contribution in [2.24, 2.45) is 0 Å². The van der Waals surface area contributed by atoms with Crippen molar-refractivity contribution in [3.8, 4) is 0 Å². The molecule has 0 aromatic heterocycles. The number of rotatable bonds is 8. The molecule has 114 valence electrons. The average molecular weight is 322 g/mol. The molecule has 0 bridgehead atoms. The van der Waals surface area contributed by atoms with Crippen molar-refractivity contribution in [3.05, 3.63) is 35.4 Å². The van der Waals surface area contributed by atoms with E-state index in [1.54, 1.807) is 38.1 Å². The van der Waals surface area contributed by atoms with Crippen molar-refractivity contribution in [1.29, 1.82) is 0 Å². The van der Waals surface area contributed by atoms with E-state index in [9.17, 15) is 8.77 Å². The smallest absolute Gasteiger partial charge is 0.307 e. The van der Waals surface area contributed by atoms with Gasteiger partial charge in [-0.1, -0.05) is 29.8 Å². The lowest BCUT2D eigenvalue weighted by Crippen LogP contribution is -2.11. The molecule has 0 radical (unpaired) electrons. The maximum atomic E-state index is 12.7. The predicted molar refractivity (Wildman–Crippen MR) is 76.6 cm³/mol. The molecule has 2 atom stereocenters. The molecule has 0 amide bonds. The Labute approximate surface area is 121 Å². The highest BCUT2D eigenvalue weighted by Gasteiger charge is 2.39. The first-order valence-electron chi connectivity index (χ1n) is 6.16. The zero-order valence-electron chi connectivity index (χ0n) is 11.6. The van der Waals surface area contributed by atoms with Crippen molar-refractivity contribution in [2.45, 2.75) is 26.6 Å². The van der Waals surface area contributed by atoms with Gasteiger partial charge in [0.25, 0.3) is 0 Å². The first-order valence-corrected chi connectivity index (χ1v) is 8.80. The SMILES string of the molecule is CCOP(=O)(OCC)C(OS(=O)O)c1ccc(C)cc1. The first-order chi connectivity index (χ1) is 9.42. The van der Waals surface area contributed by atoms with Crippen LogP contribution in [0.5, 0.6) is 0 Å². The zero-order valence-corrected chi connectivity index (χ0v) is 13.4. The van der Waals surface area contributed by atoms with Gasteiger partial charge in [-0.3, -0.25) is 9.12 Å². The van der Waals surface area contributed by atoms with Gasteiger partial charge in [0.05, 0.1) is 13.2 Å². The van der Waals surface area contributed by atoms with E-state index in [-0.39, 0.29) is 13.2 Å². The zero-order chi connectivity index (χ0) is 15.2. The van der Waals surface area contributed by atoms with Gasteiger partial charge < -0.3 is 9.05 Å². The summed E-state index contributed by atoms with van der Waals surface area (Å²) in [7, 11) is -3.70. The maximum Gasteiger partial charge on any atom is 0.365 e. The van der Waals surface area contributed by atoms with Crippen molar-refractivity contribution >= 4 is 19.0 Å². The summed E-state index contributed by atoms with van der Waals surface area (Å²) in [6.07, 6.45) is 0. The van der Waals surface area contributed by atoms with Gasteiger partial charge in [0.15, 0.2) is 0 Å². The van der Waals surface area contributed by atoms with Crippen LogP contribution in [0, 0.1) is 6.92 Å². The van der Waals surface area contributed by atoms with Gasteiger partial charge in [-0.25, -0.2) is 4.18 Å². The van der Waals surface area contributed by atoms with Crippen molar-refractivity contribution in [3.63, 3.8) is 0 Å². The van der Waals surface area contributed by atoms with Gasteiger partial charge >= 0.3 is 19.0 Å². The second kappa shape index (κ2) is 8.02. The molecule has 1 rings (SSSR count). The van der Waals surface area contributed by atoms with Crippen LogP contribution in [0.4, 0.5) is 0 Å². The minimum atomic E-state index is -3.70. The Morgan fingerprint density at radius 3 is 2.10 bits per heavy atom. The van der Waals surface area contributed by atoms with Crippen LogP contribution in [0.3, 0.4) is 0 Å². The normalized spacial score (nSPS) is 15.0. The quantitative estimate of drug-likeness (QED) is 0.583. The summed E-state index contributed by atoms with van der Waals surface area (Å²) in [5.74, 6) is -1.24. The monoisotopic (exact) mass is 322 g/mol. The Bertz CT molecular complexity index is 479. The van der Waals surface area contributed by atoms with E-state index in [2.05, 4.69) is 0 Å². The molecule has 1 N–H and O–H groups in total. The molecule has 6 nitrogen and oxygen atoms in total. The molecule has 0 saturated heterocycles. The fraction of sp³-hybridized carbons (Fsp3) is 0.500. The van der Waals surface area contributed by atoms with Crippen LogP contribution in [-0.4, -0.2) is 22.0 Å². The topological polar surface area (TPSA) is 82.1 Å². The second-order valence-corrected chi connectivity index (χ2v) is 6.64. The summed E-state index contributed by atoms with van der Waals surface area (Å²) in [5, 5.41) is 0. The first kappa shape index (κ1) is 17.5. The largest absolute Gasteiger partial charge is 0.365 e. The molecule has 20 heavy (non-hydrogen) atoms. The van der Waals surface area contributed by atoms with E-state index >= 15 is 0 Å². The van der Waals surface area contributed by atoms with Gasteiger partial charge in [-0.05, 0) is 26.3 Å². The summed E-state index contributed by atoms with van der Waals surface area (Å²) >= 11 is -2.59. The van der Waals surface area contributed by atoms with Crippen LogP contribution < -0.4 is 0 Å². The highest BCUT2D eigenvalue weighted by molar-refractivity contribution is 7.74.